The zero-order chi connectivity index (χ0) is 9.07. The van der Waals surface area contributed by atoms with Crippen LogP contribution < -0.4 is 0 Å². The van der Waals surface area contributed by atoms with Gasteiger partial charge >= 0.3 is 5.97 Å². The minimum atomic E-state index is -1.02. The molecule has 0 aromatic carbocycles. The highest BCUT2D eigenvalue weighted by Crippen LogP contribution is 2.20. The monoisotopic (exact) mass is 270 g/mol. The lowest BCUT2D eigenvalue weighted by Gasteiger charge is -2.15. The summed E-state index contributed by atoms with van der Waals surface area (Å²) in [6, 6.07) is 0. The molecule has 1 unspecified atom stereocenters. The van der Waals surface area contributed by atoms with Crippen LogP contribution in [0.1, 0.15) is 20.8 Å². The van der Waals surface area contributed by atoms with Gasteiger partial charge < -0.3 is 4.74 Å². The number of ether oxygens (including phenoxy) is 1. The Labute approximate surface area is 79.6 Å². The molecule has 0 rings (SSSR count). The van der Waals surface area contributed by atoms with Crippen molar-refractivity contribution in [3.63, 3.8) is 0 Å². The third-order valence-corrected chi connectivity index (χ3v) is 2.52. The molecule has 0 aromatic heterocycles. The smallest absolute Gasteiger partial charge is 0.329 e. The van der Waals surface area contributed by atoms with Crippen LogP contribution in [0.4, 0.5) is 0 Å². The summed E-state index contributed by atoms with van der Waals surface area (Å²) in [5.41, 5.74) is 0. The Hall–Kier alpha value is -0.130. The Morgan fingerprint density at radius 2 is 2.00 bits per heavy atom. The average molecular weight is 270 g/mol. The fraction of sp³-hybridized carbons (Fsp3) is 0.714. The van der Waals surface area contributed by atoms with Gasteiger partial charge in [-0.1, -0.05) is 22.6 Å². The van der Waals surface area contributed by atoms with Gasteiger partial charge in [0, 0.05) is 0 Å². The maximum atomic E-state index is 11.1. The van der Waals surface area contributed by atoms with Gasteiger partial charge in [-0.15, -0.1) is 0 Å². The Balaban J connectivity index is 4.30. The van der Waals surface area contributed by atoms with Crippen molar-refractivity contribution in [3.8, 4) is 0 Å². The van der Waals surface area contributed by atoms with Gasteiger partial charge in [0.1, 0.15) is 0 Å². The Morgan fingerprint density at radius 1 is 1.55 bits per heavy atom. The molecule has 0 aromatic rings. The Morgan fingerprint density at radius 3 is 2.27 bits per heavy atom. The molecule has 1 atom stereocenters. The summed E-state index contributed by atoms with van der Waals surface area (Å²) in [5.74, 6) is -0.648. The van der Waals surface area contributed by atoms with E-state index in [0.29, 0.717) is 6.61 Å². The minimum Gasteiger partial charge on any atom is -0.465 e. The second-order valence-electron chi connectivity index (χ2n) is 2.28. The van der Waals surface area contributed by atoms with Crippen LogP contribution >= 0.6 is 22.6 Å². The fourth-order valence-electron chi connectivity index (χ4n) is 0.410. The van der Waals surface area contributed by atoms with E-state index in [4.69, 9.17) is 4.74 Å². The van der Waals surface area contributed by atoms with Gasteiger partial charge in [0.2, 0.25) is 0 Å². The lowest BCUT2D eigenvalue weighted by atomic mass is 10.1. The number of hydrogen-bond donors (Lipinski definition) is 0. The molecule has 0 saturated heterocycles. The van der Waals surface area contributed by atoms with Crippen molar-refractivity contribution in [3.05, 3.63) is 0 Å². The van der Waals surface area contributed by atoms with Gasteiger partial charge in [-0.25, -0.2) is 0 Å². The van der Waals surface area contributed by atoms with Crippen LogP contribution in [-0.4, -0.2) is 21.8 Å². The lowest BCUT2D eigenvalue weighted by Crippen LogP contribution is -2.37. The van der Waals surface area contributed by atoms with E-state index in [-0.39, 0.29) is 5.78 Å². The largest absolute Gasteiger partial charge is 0.465 e. The first-order chi connectivity index (χ1) is 4.92. The summed E-state index contributed by atoms with van der Waals surface area (Å²) in [5, 5.41) is 0. The molecule has 0 saturated carbocycles. The number of alkyl halides is 1. The molecule has 3 nitrogen and oxygen atoms in total. The first-order valence-corrected chi connectivity index (χ1v) is 4.38. The van der Waals surface area contributed by atoms with Crippen LogP contribution in [-0.2, 0) is 14.3 Å². The first kappa shape index (κ1) is 10.9. The molecule has 0 radical (unpaired) electrons. The average Bonchev–Trinajstić information content (AvgIpc) is 1.88. The van der Waals surface area contributed by atoms with Crippen molar-refractivity contribution in [1.82, 2.24) is 0 Å². The Kier molecular flexibility index (Phi) is 3.99. The second kappa shape index (κ2) is 4.04. The number of rotatable bonds is 3. The molecule has 0 heterocycles. The maximum Gasteiger partial charge on any atom is 0.329 e. The van der Waals surface area contributed by atoms with Crippen molar-refractivity contribution in [2.75, 3.05) is 6.61 Å². The normalized spacial score (nSPS) is 15.3. The van der Waals surface area contributed by atoms with Crippen molar-refractivity contribution >= 4 is 34.3 Å². The Bertz CT molecular complexity index is 175. The summed E-state index contributed by atoms with van der Waals surface area (Å²) in [4.78, 5) is 21.9. The highest BCUT2D eigenvalue weighted by Gasteiger charge is 2.36. The molecule has 4 heteroatoms. The fourth-order valence-corrected chi connectivity index (χ4v) is 0.566. The summed E-state index contributed by atoms with van der Waals surface area (Å²) in [6.45, 7) is 4.95. The molecule has 0 aliphatic heterocycles. The van der Waals surface area contributed by atoms with E-state index in [2.05, 4.69) is 0 Å². The van der Waals surface area contributed by atoms with Crippen LogP contribution in [0, 0.1) is 0 Å². The zero-order valence-electron chi connectivity index (χ0n) is 6.81. The van der Waals surface area contributed by atoms with E-state index < -0.39 is 9.39 Å². The van der Waals surface area contributed by atoms with Gasteiger partial charge in [-0.05, 0) is 20.8 Å². The molecule has 0 aliphatic rings. The standard InChI is InChI=1S/C7H11IO3/c1-4-11-6(10)7(3,8)5(2)9/h4H2,1-3H3. The van der Waals surface area contributed by atoms with Crippen LogP contribution in [0.5, 0.6) is 0 Å². The number of esters is 1. The molecule has 0 aliphatic carbocycles. The van der Waals surface area contributed by atoms with Crippen molar-refractivity contribution in [2.45, 2.75) is 24.2 Å². The van der Waals surface area contributed by atoms with E-state index >= 15 is 0 Å². The van der Waals surface area contributed by atoms with Gasteiger partial charge in [-0.3, -0.25) is 9.59 Å². The highest BCUT2D eigenvalue weighted by molar-refractivity contribution is 14.1. The summed E-state index contributed by atoms with van der Waals surface area (Å²) < 4.78 is 3.68. The van der Waals surface area contributed by atoms with Gasteiger partial charge in [0.25, 0.3) is 0 Å². The number of carbonyl (C=O) groups excluding carboxylic acids is 2. The summed E-state index contributed by atoms with van der Waals surface area (Å²) in [7, 11) is 0. The van der Waals surface area contributed by atoms with Gasteiger partial charge in [0.05, 0.1) is 6.61 Å². The van der Waals surface area contributed by atoms with Crippen LogP contribution in [0.25, 0.3) is 0 Å². The van der Waals surface area contributed by atoms with Crippen molar-refractivity contribution in [1.29, 1.82) is 0 Å². The third-order valence-electron chi connectivity index (χ3n) is 1.32. The first-order valence-electron chi connectivity index (χ1n) is 3.30. The van der Waals surface area contributed by atoms with Crippen LogP contribution in [0.2, 0.25) is 0 Å². The number of carbonyl (C=O) groups is 2. The summed E-state index contributed by atoms with van der Waals surface area (Å²) in [6.07, 6.45) is 0. The quantitative estimate of drug-likeness (QED) is 0.336. The molecule has 0 spiro atoms. The molecule has 0 bridgehead atoms. The minimum absolute atomic E-state index is 0.184. The molecule has 0 N–H and O–H groups in total. The molecule has 64 valence electrons. The number of ketones is 1. The zero-order valence-corrected chi connectivity index (χ0v) is 8.97. The number of halogens is 1. The van der Waals surface area contributed by atoms with Crippen LogP contribution in [0.3, 0.4) is 0 Å². The topological polar surface area (TPSA) is 43.4 Å². The van der Waals surface area contributed by atoms with E-state index in [1.165, 1.54) is 6.92 Å². The number of Topliss-reactive ketones (excluding diaryl/α,β-unsaturated/α-hetero) is 1. The van der Waals surface area contributed by atoms with Gasteiger partial charge in [-0.2, -0.15) is 0 Å². The second-order valence-corrected chi connectivity index (χ2v) is 4.44. The highest BCUT2D eigenvalue weighted by atomic mass is 127. The third kappa shape index (κ3) is 2.76. The van der Waals surface area contributed by atoms with Crippen molar-refractivity contribution in [2.24, 2.45) is 0 Å². The summed E-state index contributed by atoms with van der Waals surface area (Å²) >= 11 is 1.79. The van der Waals surface area contributed by atoms with E-state index in [1.54, 1.807) is 36.4 Å². The molecule has 0 fully saturated rings. The number of hydrogen-bond acceptors (Lipinski definition) is 3. The van der Waals surface area contributed by atoms with E-state index in [0.717, 1.165) is 0 Å². The maximum absolute atomic E-state index is 11.1. The van der Waals surface area contributed by atoms with Gasteiger partial charge in [0.15, 0.2) is 9.20 Å². The molecule has 11 heavy (non-hydrogen) atoms. The molecule has 0 amide bonds. The van der Waals surface area contributed by atoms with E-state index in [1.807, 2.05) is 0 Å². The SMILES string of the molecule is CCOC(=O)C(C)(I)C(C)=O. The van der Waals surface area contributed by atoms with Crippen molar-refractivity contribution < 1.29 is 14.3 Å². The molecular formula is C7H11IO3. The molecular weight excluding hydrogens is 259 g/mol. The predicted octanol–water partition coefficient (Wildman–Crippen LogP) is 1.33. The lowest BCUT2D eigenvalue weighted by molar-refractivity contribution is -0.147. The predicted molar refractivity (Wildman–Crippen MR) is 49.7 cm³/mol. The van der Waals surface area contributed by atoms with E-state index in [9.17, 15) is 9.59 Å². The van der Waals surface area contributed by atoms with Crippen LogP contribution in [0.15, 0.2) is 0 Å².